The summed E-state index contributed by atoms with van der Waals surface area (Å²) in [5.41, 5.74) is -2.09. The molecule has 1 aromatic carbocycles. The maximum absolute atomic E-state index is 12.9. The fourth-order valence-corrected chi connectivity index (χ4v) is 1.31. The monoisotopic (exact) mass is 286 g/mol. The smallest absolute Gasteiger partial charge is 0.416 e. The summed E-state index contributed by atoms with van der Waals surface area (Å²) >= 11 is 2.56. The standard InChI is InChI=1S/C8H3BrF4O2/c9-6-4(7(14)15)1-3(2-5(6)10)8(11,12)13/h1-2H,(H,14,15). The molecule has 82 valence electrons. The topological polar surface area (TPSA) is 37.3 Å². The molecule has 0 bridgehead atoms. The van der Waals surface area contributed by atoms with E-state index in [0.717, 1.165) is 0 Å². The van der Waals surface area contributed by atoms with Crippen molar-refractivity contribution in [1.29, 1.82) is 0 Å². The second-order valence-electron chi connectivity index (χ2n) is 2.62. The number of carbonyl (C=O) groups is 1. The van der Waals surface area contributed by atoms with E-state index in [0.29, 0.717) is 6.07 Å². The van der Waals surface area contributed by atoms with E-state index in [4.69, 9.17) is 5.11 Å². The number of carboxylic acids is 1. The summed E-state index contributed by atoms with van der Waals surface area (Å²) in [5.74, 6) is -2.89. The summed E-state index contributed by atoms with van der Waals surface area (Å²) < 4.78 is 48.9. The third-order valence-electron chi connectivity index (χ3n) is 1.59. The van der Waals surface area contributed by atoms with Gasteiger partial charge in [-0.25, -0.2) is 9.18 Å². The van der Waals surface area contributed by atoms with Gasteiger partial charge < -0.3 is 5.11 Å². The van der Waals surface area contributed by atoms with Gasteiger partial charge in [-0.1, -0.05) is 0 Å². The van der Waals surface area contributed by atoms with Crippen LogP contribution in [0, 0.1) is 5.82 Å². The Balaban J connectivity index is 3.43. The highest BCUT2D eigenvalue weighted by atomic mass is 79.9. The van der Waals surface area contributed by atoms with Crippen LogP contribution in [0.25, 0.3) is 0 Å². The molecule has 0 amide bonds. The van der Waals surface area contributed by atoms with Crippen LogP contribution in [-0.2, 0) is 6.18 Å². The van der Waals surface area contributed by atoms with Crippen molar-refractivity contribution in [3.8, 4) is 0 Å². The molecule has 7 heteroatoms. The molecule has 1 N–H and O–H groups in total. The Morgan fingerprint density at radius 3 is 2.27 bits per heavy atom. The van der Waals surface area contributed by atoms with E-state index in [1.807, 2.05) is 0 Å². The Kier molecular flexibility index (Phi) is 3.03. The fourth-order valence-electron chi connectivity index (χ4n) is 0.908. The molecule has 15 heavy (non-hydrogen) atoms. The van der Waals surface area contributed by atoms with Crippen molar-refractivity contribution in [2.75, 3.05) is 0 Å². The zero-order valence-corrected chi connectivity index (χ0v) is 8.49. The molecule has 1 rings (SSSR count). The van der Waals surface area contributed by atoms with Gasteiger partial charge in [0.1, 0.15) is 5.82 Å². The molecule has 0 aliphatic rings. The number of alkyl halides is 3. The molecule has 0 aliphatic carbocycles. The quantitative estimate of drug-likeness (QED) is 0.805. The molecule has 0 unspecified atom stereocenters. The van der Waals surface area contributed by atoms with Crippen LogP contribution in [0.1, 0.15) is 15.9 Å². The lowest BCUT2D eigenvalue weighted by Crippen LogP contribution is -2.09. The summed E-state index contributed by atoms with van der Waals surface area (Å²) in [4.78, 5) is 10.5. The number of benzene rings is 1. The molecule has 1 aromatic rings. The largest absolute Gasteiger partial charge is 0.478 e. The Bertz CT molecular complexity index is 414. The van der Waals surface area contributed by atoms with Crippen LogP contribution in [0.4, 0.5) is 17.6 Å². The van der Waals surface area contributed by atoms with Gasteiger partial charge in [-0.15, -0.1) is 0 Å². The normalized spacial score (nSPS) is 11.5. The van der Waals surface area contributed by atoms with Gasteiger partial charge in [0.25, 0.3) is 0 Å². The first kappa shape index (κ1) is 12.0. The van der Waals surface area contributed by atoms with E-state index >= 15 is 0 Å². The van der Waals surface area contributed by atoms with Crippen molar-refractivity contribution in [3.05, 3.63) is 33.5 Å². The van der Waals surface area contributed by atoms with E-state index in [1.165, 1.54) is 0 Å². The van der Waals surface area contributed by atoms with Crippen molar-refractivity contribution in [3.63, 3.8) is 0 Å². The highest BCUT2D eigenvalue weighted by molar-refractivity contribution is 9.10. The second-order valence-corrected chi connectivity index (χ2v) is 3.42. The average Bonchev–Trinajstić information content (AvgIpc) is 2.06. The van der Waals surface area contributed by atoms with E-state index < -0.39 is 33.6 Å². The maximum atomic E-state index is 12.9. The van der Waals surface area contributed by atoms with Gasteiger partial charge in [0.2, 0.25) is 0 Å². The number of hydrogen-bond donors (Lipinski definition) is 1. The third-order valence-corrected chi connectivity index (χ3v) is 2.39. The first-order valence-corrected chi connectivity index (χ1v) is 4.32. The van der Waals surface area contributed by atoms with Crippen molar-refractivity contribution in [1.82, 2.24) is 0 Å². The average molecular weight is 287 g/mol. The van der Waals surface area contributed by atoms with Crippen molar-refractivity contribution < 1.29 is 27.5 Å². The predicted octanol–water partition coefficient (Wildman–Crippen LogP) is 3.31. The number of aromatic carboxylic acids is 1. The molecule has 0 spiro atoms. The van der Waals surface area contributed by atoms with Crippen LogP contribution in [0.3, 0.4) is 0 Å². The van der Waals surface area contributed by atoms with E-state index in [2.05, 4.69) is 15.9 Å². The second kappa shape index (κ2) is 3.80. The highest BCUT2D eigenvalue weighted by Crippen LogP contribution is 2.33. The van der Waals surface area contributed by atoms with Gasteiger partial charge in [0.15, 0.2) is 0 Å². The molecule has 0 fully saturated rings. The van der Waals surface area contributed by atoms with Crippen LogP contribution in [-0.4, -0.2) is 11.1 Å². The molecule has 0 atom stereocenters. The molecule has 0 aromatic heterocycles. The number of rotatable bonds is 1. The summed E-state index contributed by atoms with van der Waals surface area (Å²) in [6, 6.07) is 0.603. The van der Waals surface area contributed by atoms with E-state index in [9.17, 15) is 22.4 Å². The minimum Gasteiger partial charge on any atom is -0.478 e. The van der Waals surface area contributed by atoms with Crippen LogP contribution >= 0.6 is 15.9 Å². The van der Waals surface area contributed by atoms with E-state index in [1.54, 1.807) is 0 Å². The van der Waals surface area contributed by atoms with Crippen molar-refractivity contribution in [2.24, 2.45) is 0 Å². The SMILES string of the molecule is O=C(O)c1cc(C(F)(F)F)cc(F)c1Br. The molecule has 0 saturated heterocycles. The first-order valence-electron chi connectivity index (χ1n) is 3.53. The Morgan fingerprint density at radius 1 is 1.33 bits per heavy atom. The molecule has 2 nitrogen and oxygen atoms in total. The molecule has 0 heterocycles. The number of halogens is 5. The van der Waals surface area contributed by atoms with Crippen LogP contribution in [0.5, 0.6) is 0 Å². The summed E-state index contributed by atoms with van der Waals surface area (Å²) in [6.07, 6.45) is -4.77. The van der Waals surface area contributed by atoms with Crippen molar-refractivity contribution >= 4 is 21.9 Å². The molecular weight excluding hydrogens is 284 g/mol. The minimum atomic E-state index is -4.77. The van der Waals surface area contributed by atoms with Gasteiger partial charge in [-0.05, 0) is 28.1 Å². The third kappa shape index (κ3) is 2.47. The predicted molar refractivity (Wildman–Crippen MR) is 46.1 cm³/mol. The lowest BCUT2D eigenvalue weighted by Gasteiger charge is -2.09. The van der Waals surface area contributed by atoms with Gasteiger partial charge in [-0.2, -0.15) is 13.2 Å². The number of hydrogen-bond acceptors (Lipinski definition) is 1. The summed E-state index contributed by atoms with van der Waals surface area (Å²) in [5, 5.41) is 8.52. The molecular formula is C8H3BrF4O2. The highest BCUT2D eigenvalue weighted by Gasteiger charge is 2.33. The molecule has 0 radical (unpaired) electrons. The van der Waals surface area contributed by atoms with Crippen molar-refractivity contribution in [2.45, 2.75) is 6.18 Å². The minimum absolute atomic E-state index is 0.233. The fraction of sp³-hybridized carbons (Fsp3) is 0.125. The van der Waals surface area contributed by atoms with Gasteiger partial charge >= 0.3 is 12.1 Å². The van der Waals surface area contributed by atoms with Crippen LogP contribution < -0.4 is 0 Å². The van der Waals surface area contributed by atoms with Gasteiger partial charge in [0, 0.05) is 0 Å². The van der Waals surface area contributed by atoms with Gasteiger partial charge in [-0.3, -0.25) is 0 Å². The van der Waals surface area contributed by atoms with Gasteiger partial charge in [0.05, 0.1) is 15.6 Å². The summed E-state index contributed by atoms with van der Waals surface area (Å²) in [7, 11) is 0. The van der Waals surface area contributed by atoms with E-state index in [-0.39, 0.29) is 6.07 Å². The Labute approximate surface area is 89.6 Å². The van der Waals surface area contributed by atoms with Crippen LogP contribution in [0.15, 0.2) is 16.6 Å². The Morgan fingerprint density at radius 2 is 1.87 bits per heavy atom. The lowest BCUT2D eigenvalue weighted by atomic mass is 10.1. The zero-order valence-electron chi connectivity index (χ0n) is 6.90. The maximum Gasteiger partial charge on any atom is 0.416 e. The van der Waals surface area contributed by atoms with Crippen LogP contribution in [0.2, 0.25) is 0 Å². The first-order chi connectivity index (χ1) is 6.73. The molecule has 0 aliphatic heterocycles. The zero-order chi connectivity index (χ0) is 11.8. The Hall–Kier alpha value is -1.11. The molecule has 0 saturated carbocycles. The summed E-state index contributed by atoms with van der Waals surface area (Å²) in [6.45, 7) is 0. The number of carboxylic acid groups (broad SMARTS) is 1. The lowest BCUT2D eigenvalue weighted by molar-refractivity contribution is -0.137.